The number of nitrogens with two attached hydrogens (primary N) is 1. The first kappa shape index (κ1) is 12.2. The van der Waals surface area contributed by atoms with Crippen molar-refractivity contribution in [1.82, 2.24) is 0 Å². The topological polar surface area (TPSA) is 49.8 Å². The molecule has 0 saturated heterocycles. The second kappa shape index (κ2) is 5.29. The largest absolute Gasteiger partial charge is 0.323 e. The molecule has 2 nitrogen and oxygen atoms in total. The minimum absolute atomic E-state index is 0.405. The summed E-state index contributed by atoms with van der Waals surface area (Å²) >= 11 is 0. The minimum Gasteiger partial charge on any atom is -0.323 e. The molecule has 0 aliphatic carbocycles. The fraction of sp³-hybridized carbons (Fsp3) is 0.214. The Morgan fingerprint density at radius 1 is 1.38 bits per heavy atom. The zero-order valence-corrected chi connectivity index (χ0v) is 9.26. The summed E-state index contributed by atoms with van der Waals surface area (Å²) < 4.78 is 0. The molecule has 0 aromatic heterocycles. The van der Waals surface area contributed by atoms with Crippen LogP contribution < -0.4 is 5.73 Å². The van der Waals surface area contributed by atoms with Gasteiger partial charge in [0.2, 0.25) is 0 Å². The average molecular weight is 212 g/mol. The lowest BCUT2D eigenvalue weighted by Gasteiger charge is -2.30. The predicted octanol–water partition coefficient (Wildman–Crippen LogP) is 2.54. The van der Waals surface area contributed by atoms with Crippen molar-refractivity contribution in [2.24, 2.45) is 5.73 Å². The Bertz CT molecular complexity index is 402. The monoisotopic (exact) mass is 212 g/mol. The van der Waals surface area contributed by atoms with Gasteiger partial charge in [-0.25, -0.2) is 0 Å². The molecular weight excluding hydrogens is 196 g/mol. The number of nitrogens with zero attached hydrogens (tertiary/aromatic N) is 1. The summed E-state index contributed by atoms with van der Waals surface area (Å²) in [6.07, 6.45) is 3.85. The molecular formula is C14H16N2. The zero-order valence-electron chi connectivity index (χ0n) is 9.26. The molecule has 2 N–H and O–H groups in total. The van der Waals surface area contributed by atoms with E-state index in [1.165, 1.54) is 0 Å². The number of nitriles is 1. The fourth-order valence-electron chi connectivity index (χ4n) is 1.80. The second-order valence-corrected chi connectivity index (χ2v) is 3.70. The Balaban J connectivity index is 3.29. The molecule has 0 fully saturated rings. The number of rotatable bonds is 5. The van der Waals surface area contributed by atoms with Crippen molar-refractivity contribution in [2.45, 2.75) is 17.9 Å². The summed E-state index contributed by atoms with van der Waals surface area (Å²) in [6, 6.07) is 11.5. The first-order chi connectivity index (χ1) is 7.71. The highest BCUT2D eigenvalue weighted by atomic mass is 14.7. The van der Waals surface area contributed by atoms with Gasteiger partial charge in [-0.15, -0.1) is 13.2 Å². The van der Waals surface area contributed by atoms with E-state index in [1.807, 2.05) is 30.3 Å². The van der Waals surface area contributed by atoms with Gasteiger partial charge in [0.15, 0.2) is 0 Å². The molecule has 0 aliphatic heterocycles. The minimum atomic E-state index is -0.759. The van der Waals surface area contributed by atoms with Crippen molar-refractivity contribution >= 4 is 0 Å². The van der Waals surface area contributed by atoms with E-state index in [2.05, 4.69) is 19.2 Å². The van der Waals surface area contributed by atoms with E-state index in [-0.39, 0.29) is 0 Å². The van der Waals surface area contributed by atoms with Crippen molar-refractivity contribution in [1.29, 1.82) is 5.26 Å². The molecule has 0 radical (unpaired) electrons. The molecule has 2 heteroatoms. The van der Waals surface area contributed by atoms with E-state index in [0.717, 1.165) is 5.56 Å². The van der Waals surface area contributed by atoms with Crippen molar-refractivity contribution in [3.8, 4) is 6.07 Å². The van der Waals surface area contributed by atoms with Gasteiger partial charge in [0.1, 0.15) is 5.41 Å². The zero-order chi connectivity index (χ0) is 12.0. The average Bonchev–Trinajstić information content (AvgIpc) is 2.36. The van der Waals surface area contributed by atoms with E-state index < -0.39 is 11.5 Å². The van der Waals surface area contributed by atoms with Gasteiger partial charge in [-0.3, -0.25) is 0 Å². The van der Waals surface area contributed by atoms with Crippen LogP contribution in [0.5, 0.6) is 0 Å². The van der Waals surface area contributed by atoms with Crippen LogP contribution in [0.25, 0.3) is 0 Å². The predicted molar refractivity (Wildman–Crippen MR) is 66.7 cm³/mol. The van der Waals surface area contributed by atoms with E-state index in [9.17, 15) is 5.26 Å². The Labute approximate surface area is 96.7 Å². The van der Waals surface area contributed by atoms with Gasteiger partial charge in [-0.05, 0) is 12.0 Å². The maximum Gasteiger partial charge on any atom is 0.104 e. The van der Waals surface area contributed by atoms with E-state index in [1.54, 1.807) is 12.2 Å². The van der Waals surface area contributed by atoms with Gasteiger partial charge in [0, 0.05) is 6.04 Å². The van der Waals surface area contributed by atoms with Gasteiger partial charge >= 0.3 is 0 Å². The number of allylic oxidation sites excluding steroid dienone is 1. The number of hydrogen-bond donors (Lipinski definition) is 1. The molecule has 0 saturated carbocycles. The van der Waals surface area contributed by atoms with Gasteiger partial charge < -0.3 is 5.73 Å². The highest BCUT2D eigenvalue weighted by Gasteiger charge is 2.36. The highest BCUT2D eigenvalue weighted by molar-refractivity contribution is 5.37. The summed E-state index contributed by atoms with van der Waals surface area (Å²) in [7, 11) is 0. The summed E-state index contributed by atoms with van der Waals surface area (Å²) in [6.45, 7) is 7.37. The van der Waals surface area contributed by atoms with E-state index in [4.69, 9.17) is 5.73 Å². The molecule has 1 aromatic carbocycles. The molecule has 1 rings (SSSR count). The summed E-state index contributed by atoms with van der Waals surface area (Å²) in [5.41, 5.74) is 6.14. The Hall–Kier alpha value is -1.85. The number of benzene rings is 1. The van der Waals surface area contributed by atoms with Crippen LogP contribution in [0.15, 0.2) is 55.6 Å². The summed E-state index contributed by atoms with van der Waals surface area (Å²) in [4.78, 5) is 0. The molecule has 0 heterocycles. The van der Waals surface area contributed by atoms with Crippen LogP contribution in [-0.4, -0.2) is 6.04 Å². The third-order valence-corrected chi connectivity index (χ3v) is 2.78. The summed E-state index contributed by atoms with van der Waals surface area (Å²) in [5, 5.41) is 9.44. The van der Waals surface area contributed by atoms with E-state index >= 15 is 0 Å². The third-order valence-electron chi connectivity index (χ3n) is 2.78. The maximum absolute atomic E-state index is 9.44. The molecule has 0 aliphatic rings. The summed E-state index contributed by atoms with van der Waals surface area (Å²) in [5.74, 6) is 0. The normalized spacial score (nSPS) is 15.5. The van der Waals surface area contributed by atoms with Crippen LogP contribution >= 0.6 is 0 Å². The van der Waals surface area contributed by atoms with E-state index in [0.29, 0.717) is 6.42 Å². The fourth-order valence-corrected chi connectivity index (χ4v) is 1.80. The quantitative estimate of drug-likeness (QED) is 0.762. The molecule has 2 atom stereocenters. The lowest BCUT2D eigenvalue weighted by atomic mass is 9.73. The second-order valence-electron chi connectivity index (χ2n) is 3.70. The van der Waals surface area contributed by atoms with Crippen LogP contribution in [0.1, 0.15) is 12.0 Å². The molecule has 0 spiro atoms. The Morgan fingerprint density at radius 2 is 2.00 bits per heavy atom. The van der Waals surface area contributed by atoms with Crippen molar-refractivity contribution in [3.05, 3.63) is 61.2 Å². The highest BCUT2D eigenvalue weighted by Crippen LogP contribution is 2.31. The lowest BCUT2D eigenvalue weighted by Crippen LogP contribution is -2.42. The van der Waals surface area contributed by atoms with Gasteiger partial charge in [0.05, 0.1) is 6.07 Å². The first-order valence-corrected chi connectivity index (χ1v) is 5.17. The molecule has 82 valence electrons. The molecule has 16 heavy (non-hydrogen) atoms. The van der Waals surface area contributed by atoms with Crippen LogP contribution in [0.3, 0.4) is 0 Å². The maximum atomic E-state index is 9.44. The van der Waals surface area contributed by atoms with Crippen molar-refractivity contribution < 1.29 is 0 Å². The molecule has 0 bridgehead atoms. The van der Waals surface area contributed by atoms with Gasteiger partial charge in [0.25, 0.3) is 0 Å². The van der Waals surface area contributed by atoms with Gasteiger partial charge in [-0.1, -0.05) is 42.5 Å². The third kappa shape index (κ3) is 2.05. The Kier molecular flexibility index (Phi) is 4.04. The van der Waals surface area contributed by atoms with Crippen LogP contribution in [0, 0.1) is 11.3 Å². The van der Waals surface area contributed by atoms with Crippen molar-refractivity contribution in [2.75, 3.05) is 0 Å². The molecule has 1 aromatic rings. The van der Waals surface area contributed by atoms with Crippen LogP contribution in [0.2, 0.25) is 0 Å². The first-order valence-electron chi connectivity index (χ1n) is 5.17. The SMILES string of the molecule is C=CCC(C#N)(c1ccccc1)C(N)C=C. The molecule has 2 unspecified atom stereocenters. The van der Waals surface area contributed by atoms with Crippen LogP contribution in [0.4, 0.5) is 0 Å². The van der Waals surface area contributed by atoms with Crippen molar-refractivity contribution in [3.63, 3.8) is 0 Å². The smallest absolute Gasteiger partial charge is 0.104 e. The van der Waals surface area contributed by atoms with Crippen LogP contribution in [-0.2, 0) is 5.41 Å². The number of hydrogen-bond acceptors (Lipinski definition) is 2. The lowest BCUT2D eigenvalue weighted by molar-refractivity contribution is 0.496. The molecule has 0 amide bonds. The standard InChI is InChI=1S/C14H16N2/c1-3-10-14(11-15,13(16)4-2)12-8-6-5-7-9-12/h3-9,13H,1-2,10,16H2. The Morgan fingerprint density at radius 3 is 2.44 bits per heavy atom. The van der Waals surface area contributed by atoms with Gasteiger partial charge in [-0.2, -0.15) is 5.26 Å².